The van der Waals surface area contributed by atoms with Crippen molar-refractivity contribution in [3.8, 4) is 0 Å². The molecule has 0 spiro atoms. The summed E-state index contributed by atoms with van der Waals surface area (Å²) in [5.74, 6) is -1.24. The monoisotopic (exact) mass is 487 g/mol. The normalized spacial score (nSPS) is 13.5. The highest BCUT2D eigenvalue weighted by atomic mass is 35.5. The molecule has 1 heterocycles. The number of imide groups is 1. The van der Waals surface area contributed by atoms with Crippen molar-refractivity contribution in [2.45, 2.75) is 27.7 Å². The van der Waals surface area contributed by atoms with Gasteiger partial charge in [0.1, 0.15) is 10.7 Å². The van der Waals surface area contributed by atoms with Gasteiger partial charge in [0, 0.05) is 23.5 Å². The molecule has 0 unspecified atom stereocenters. The van der Waals surface area contributed by atoms with Crippen LogP contribution in [-0.4, -0.2) is 24.3 Å². The molecule has 0 aromatic heterocycles. The molecule has 0 bridgehead atoms. The van der Waals surface area contributed by atoms with Gasteiger partial charge in [-0.3, -0.25) is 14.4 Å². The lowest BCUT2D eigenvalue weighted by molar-refractivity contribution is -0.120. The number of nitrogens with zero attached hydrogens (tertiary/aromatic N) is 2. The van der Waals surface area contributed by atoms with Crippen LogP contribution in [0.15, 0.2) is 77.5 Å². The lowest BCUT2D eigenvalue weighted by Crippen LogP contribution is -2.32. The van der Waals surface area contributed by atoms with Crippen molar-refractivity contribution in [1.29, 1.82) is 0 Å². The van der Waals surface area contributed by atoms with Crippen LogP contribution in [0, 0.1) is 20.8 Å². The van der Waals surface area contributed by atoms with Crippen molar-refractivity contribution in [2.75, 3.05) is 21.7 Å². The summed E-state index contributed by atoms with van der Waals surface area (Å²) < 4.78 is 0. The molecule has 1 aliphatic rings. The zero-order valence-electron chi connectivity index (χ0n) is 20.1. The third kappa shape index (κ3) is 4.70. The van der Waals surface area contributed by atoms with Crippen LogP contribution < -0.4 is 15.1 Å². The minimum absolute atomic E-state index is 0.00363. The SMILES string of the molecule is CCN(C(=O)c1ccc(NC2=C(Cl)C(=O)N(c3ccc(C)c(C)c3)C2=O)cc1)c1cccc(C)c1. The first-order valence-corrected chi connectivity index (χ1v) is 11.7. The summed E-state index contributed by atoms with van der Waals surface area (Å²) in [5.41, 5.74) is 5.44. The lowest BCUT2D eigenvalue weighted by Gasteiger charge is -2.21. The molecule has 0 aliphatic carbocycles. The summed E-state index contributed by atoms with van der Waals surface area (Å²) >= 11 is 6.26. The van der Waals surface area contributed by atoms with E-state index >= 15 is 0 Å². The molecule has 0 saturated heterocycles. The molecule has 3 aromatic rings. The van der Waals surface area contributed by atoms with E-state index in [0.717, 1.165) is 27.3 Å². The molecule has 35 heavy (non-hydrogen) atoms. The first-order chi connectivity index (χ1) is 16.7. The van der Waals surface area contributed by atoms with E-state index in [9.17, 15) is 14.4 Å². The van der Waals surface area contributed by atoms with Gasteiger partial charge in [-0.25, -0.2) is 4.90 Å². The summed E-state index contributed by atoms with van der Waals surface area (Å²) in [6, 6.07) is 19.9. The summed E-state index contributed by atoms with van der Waals surface area (Å²) in [6.07, 6.45) is 0. The standard InChI is InChI=1S/C28H26ClN3O3/c1-5-31(22-8-6-7-17(2)15-22)26(33)20-10-12-21(13-11-20)30-25-24(29)27(34)32(28(25)35)23-14-9-18(3)19(4)16-23/h6-16,30H,5H2,1-4H3. The lowest BCUT2D eigenvalue weighted by atomic mass is 10.1. The van der Waals surface area contributed by atoms with E-state index in [4.69, 9.17) is 11.6 Å². The Labute approximate surface area is 209 Å². The third-order valence-electron chi connectivity index (χ3n) is 6.05. The maximum absolute atomic E-state index is 13.1. The Morgan fingerprint density at radius 3 is 2.26 bits per heavy atom. The van der Waals surface area contributed by atoms with Crippen LogP contribution in [0.5, 0.6) is 0 Å². The third-order valence-corrected chi connectivity index (χ3v) is 6.40. The summed E-state index contributed by atoms with van der Waals surface area (Å²) in [5, 5.41) is 2.78. The van der Waals surface area contributed by atoms with Crippen LogP contribution in [-0.2, 0) is 9.59 Å². The van der Waals surface area contributed by atoms with E-state index in [1.165, 1.54) is 0 Å². The quantitative estimate of drug-likeness (QED) is 0.452. The number of nitrogens with one attached hydrogen (secondary N) is 1. The predicted octanol–water partition coefficient (Wildman–Crippen LogP) is 5.71. The molecule has 4 rings (SSSR count). The highest BCUT2D eigenvalue weighted by Crippen LogP contribution is 2.31. The topological polar surface area (TPSA) is 69.7 Å². The van der Waals surface area contributed by atoms with E-state index < -0.39 is 11.8 Å². The molecule has 0 atom stereocenters. The Morgan fingerprint density at radius 2 is 1.63 bits per heavy atom. The second-order valence-corrected chi connectivity index (χ2v) is 8.87. The van der Waals surface area contributed by atoms with Crippen molar-refractivity contribution >= 4 is 46.4 Å². The maximum atomic E-state index is 13.1. The zero-order chi connectivity index (χ0) is 25.3. The smallest absolute Gasteiger partial charge is 0.283 e. The van der Waals surface area contributed by atoms with Gasteiger partial charge in [-0.2, -0.15) is 0 Å². The van der Waals surface area contributed by atoms with Crippen LogP contribution in [0.2, 0.25) is 0 Å². The van der Waals surface area contributed by atoms with Crippen LogP contribution in [0.4, 0.5) is 17.1 Å². The number of halogens is 1. The Kier molecular flexibility index (Phi) is 6.76. The van der Waals surface area contributed by atoms with E-state index in [0.29, 0.717) is 23.5 Å². The van der Waals surface area contributed by atoms with Crippen molar-refractivity contribution in [2.24, 2.45) is 0 Å². The Hall–Kier alpha value is -3.90. The minimum atomic E-state index is -0.578. The molecule has 7 heteroatoms. The fourth-order valence-corrected chi connectivity index (χ4v) is 4.16. The number of carbonyl (C=O) groups excluding carboxylic acids is 3. The number of hydrogen-bond acceptors (Lipinski definition) is 4. The average molecular weight is 488 g/mol. The van der Waals surface area contributed by atoms with Crippen LogP contribution in [0.1, 0.15) is 34.0 Å². The highest BCUT2D eigenvalue weighted by molar-refractivity contribution is 6.53. The molecule has 0 radical (unpaired) electrons. The van der Waals surface area contributed by atoms with E-state index in [1.54, 1.807) is 41.3 Å². The molecule has 0 fully saturated rings. The van der Waals surface area contributed by atoms with Gasteiger partial charge >= 0.3 is 0 Å². The summed E-state index contributed by atoms with van der Waals surface area (Å²) in [4.78, 5) is 41.7. The predicted molar refractivity (Wildman–Crippen MR) is 140 cm³/mol. The number of benzene rings is 3. The molecule has 6 nitrogen and oxygen atoms in total. The molecule has 1 N–H and O–H groups in total. The molecule has 0 saturated carbocycles. The number of hydrogen-bond donors (Lipinski definition) is 1. The Balaban J connectivity index is 1.53. The van der Waals surface area contributed by atoms with Crippen molar-refractivity contribution in [1.82, 2.24) is 0 Å². The van der Waals surface area contributed by atoms with E-state index in [1.807, 2.05) is 58.0 Å². The second-order valence-electron chi connectivity index (χ2n) is 8.49. The number of carbonyl (C=O) groups is 3. The Morgan fingerprint density at radius 1 is 0.914 bits per heavy atom. The number of rotatable bonds is 6. The van der Waals surface area contributed by atoms with Crippen LogP contribution >= 0.6 is 11.6 Å². The highest BCUT2D eigenvalue weighted by Gasteiger charge is 2.39. The molecule has 1 aliphatic heterocycles. The van der Waals surface area contributed by atoms with Gasteiger partial charge in [-0.15, -0.1) is 0 Å². The Bertz CT molecular complexity index is 1360. The van der Waals surface area contributed by atoms with Gasteiger partial charge in [0.2, 0.25) is 0 Å². The molecule has 3 aromatic carbocycles. The molecule has 178 valence electrons. The van der Waals surface area contributed by atoms with Gasteiger partial charge in [0.25, 0.3) is 17.7 Å². The molecular formula is C28H26ClN3O3. The van der Waals surface area contributed by atoms with Crippen molar-refractivity contribution in [3.05, 3.63) is 99.7 Å². The number of amides is 3. The number of anilines is 3. The van der Waals surface area contributed by atoms with Gasteiger partial charge in [0.15, 0.2) is 0 Å². The van der Waals surface area contributed by atoms with E-state index in [-0.39, 0.29) is 16.6 Å². The largest absolute Gasteiger partial charge is 0.350 e. The average Bonchev–Trinajstić information content (AvgIpc) is 3.05. The van der Waals surface area contributed by atoms with Crippen LogP contribution in [0.3, 0.4) is 0 Å². The fourth-order valence-electron chi connectivity index (χ4n) is 3.95. The second kappa shape index (κ2) is 9.76. The van der Waals surface area contributed by atoms with Gasteiger partial charge < -0.3 is 10.2 Å². The van der Waals surface area contributed by atoms with Gasteiger partial charge in [-0.05, 0) is 92.9 Å². The van der Waals surface area contributed by atoms with Gasteiger partial charge in [0.05, 0.1) is 5.69 Å². The zero-order valence-corrected chi connectivity index (χ0v) is 20.8. The molecular weight excluding hydrogens is 462 g/mol. The maximum Gasteiger partial charge on any atom is 0.283 e. The summed E-state index contributed by atoms with van der Waals surface area (Å²) in [7, 11) is 0. The van der Waals surface area contributed by atoms with Crippen molar-refractivity contribution in [3.63, 3.8) is 0 Å². The summed E-state index contributed by atoms with van der Waals surface area (Å²) in [6.45, 7) is 8.31. The number of aryl methyl sites for hydroxylation is 3. The minimum Gasteiger partial charge on any atom is -0.350 e. The fraction of sp³-hybridized carbons (Fsp3) is 0.179. The molecule has 3 amide bonds. The van der Waals surface area contributed by atoms with E-state index in [2.05, 4.69) is 5.32 Å². The van der Waals surface area contributed by atoms with Gasteiger partial charge in [-0.1, -0.05) is 29.8 Å². The first kappa shape index (κ1) is 24.2. The first-order valence-electron chi connectivity index (χ1n) is 11.3. The van der Waals surface area contributed by atoms with Crippen LogP contribution in [0.25, 0.3) is 0 Å². The van der Waals surface area contributed by atoms with Crippen molar-refractivity contribution < 1.29 is 14.4 Å².